The minimum absolute atomic E-state index is 0.0132. The first kappa shape index (κ1) is 17.0. The Morgan fingerprint density at radius 3 is 2.67 bits per heavy atom. The van der Waals surface area contributed by atoms with Gasteiger partial charge in [0.05, 0.1) is 34.2 Å². The van der Waals surface area contributed by atoms with Crippen LogP contribution >= 0.6 is 0 Å². The zero-order valence-corrected chi connectivity index (χ0v) is 16.2. The third-order valence-electron chi connectivity index (χ3n) is 5.64. The van der Waals surface area contributed by atoms with Crippen molar-refractivity contribution in [3.8, 4) is 11.3 Å². The maximum atomic E-state index is 5.04. The van der Waals surface area contributed by atoms with Gasteiger partial charge in [0.1, 0.15) is 0 Å². The van der Waals surface area contributed by atoms with Crippen molar-refractivity contribution in [2.24, 2.45) is 0 Å². The smallest absolute Gasteiger partial charge is 0.159 e. The molecule has 0 aliphatic carbocycles. The molecule has 0 bridgehead atoms. The molecule has 1 aliphatic heterocycles. The van der Waals surface area contributed by atoms with Gasteiger partial charge in [-0.15, -0.1) is 0 Å². The summed E-state index contributed by atoms with van der Waals surface area (Å²) >= 11 is 0. The highest BCUT2D eigenvalue weighted by Crippen LogP contribution is 2.37. The van der Waals surface area contributed by atoms with Crippen molar-refractivity contribution in [2.45, 2.75) is 18.9 Å². The SMILES string of the molecule is c1ccc2c(c1)CCC(c1nc3cccnc3cc1-c1ccc3cccnc3n1)[N]2. The van der Waals surface area contributed by atoms with Crippen molar-refractivity contribution in [3.05, 3.63) is 90.4 Å². The van der Waals surface area contributed by atoms with Crippen molar-refractivity contribution in [2.75, 3.05) is 0 Å². The predicted octanol–water partition coefficient (Wildman–Crippen LogP) is 5.16. The van der Waals surface area contributed by atoms with E-state index in [0.717, 1.165) is 57.5 Å². The quantitative estimate of drug-likeness (QED) is 0.419. The minimum atomic E-state index is -0.0132. The van der Waals surface area contributed by atoms with Gasteiger partial charge < -0.3 is 0 Å². The summed E-state index contributed by atoms with van der Waals surface area (Å²) in [7, 11) is 0. The van der Waals surface area contributed by atoms with Gasteiger partial charge in [0.2, 0.25) is 0 Å². The number of pyridine rings is 4. The fraction of sp³-hybridized carbons (Fsp3) is 0.120. The van der Waals surface area contributed by atoms with Crippen molar-refractivity contribution in [1.29, 1.82) is 0 Å². The number of para-hydroxylation sites is 1. The first-order chi connectivity index (χ1) is 14.8. The van der Waals surface area contributed by atoms with E-state index in [4.69, 9.17) is 15.3 Å². The Labute approximate surface area is 173 Å². The maximum Gasteiger partial charge on any atom is 0.159 e. The van der Waals surface area contributed by atoms with E-state index in [1.807, 2.05) is 36.4 Å². The normalized spacial score (nSPS) is 15.7. The second-order valence-electron chi connectivity index (χ2n) is 7.52. The summed E-state index contributed by atoms with van der Waals surface area (Å²) in [5.74, 6) is 0. The molecule has 0 spiro atoms. The van der Waals surface area contributed by atoms with E-state index in [1.165, 1.54) is 5.56 Å². The number of rotatable bonds is 2. The molecule has 1 unspecified atom stereocenters. The van der Waals surface area contributed by atoms with Crippen LogP contribution in [0.4, 0.5) is 5.69 Å². The Morgan fingerprint density at radius 1 is 0.767 bits per heavy atom. The molecule has 0 fully saturated rings. The molecule has 6 rings (SSSR count). The second kappa shape index (κ2) is 6.88. The molecule has 1 aromatic carbocycles. The number of nitrogens with zero attached hydrogens (tertiary/aromatic N) is 5. The summed E-state index contributed by atoms with van der Waals surface area (Å²) in [4.78, 5) is 18.8. The Kier molecular flexibility index (Phi) is 3.91. The fourth-order valence-electron chi connectivity index (χ4n) is 4.15. The molecule has 5 nitrogen and oxygen atoms in total. The molecule has 5 heterocycles. The maximum absolute atomic E-state index is 5.04. The Hall–Kier alpha value is -3.86. The molecule has 5 aromatic rings. The first-order valence-electron chi connectivity index (χ1n) is 10.1. The van der Waals surface area contributed by atoms with Crippen LogP contribution in [-0.2, 0) is 6.42 Å². The molecule has 0 N–H and O–H groups in total. The lowest BCUT2D eigenvalue weighted by Gasteiger charge is -2.26. The molecule has 5 heteroatoms. The molecule has 0 saturated heterocycles. The molecule has 0 amide bonds. The molecule has 1 aliphatic rings. The van der Waals surface area contributed by atoms with Crippen molar-refractivity contribution in [1.82, 2.24) is 25.3 Å². The lowest BCUT2D eigenvalue weighted by atomic mass is 9.93. The average molecular weight is 388 g/mol. The van der Waals surface area contributed by atoms with Gasteiger partial charge in [-0.3, -0.25) is 10.3 Å². The molecule has 4 aromatic heterocycles. The Balaban J connectivity index is 1.53. The molecular weight excluding hydrogens is 370 g/mol. The summed E-state index contributed by atoms with van der Waals surface area (Å²) < 4.78 is 0. The van der Waals surface area contributed by atoms with Gasteiger partial charge in [-0.25, -0.2) is 15.0 Å². The monoisotopic (exact) mass is 388 g/mol. The minimum Gasteiger partial charge on any atom is -0.275 e. The van der Waals surface area contributed by atoms with Crippen LogP contribution in [0.5, 0.6) is 0 Å². The number of aromatic nitrogens is 4. The molecule has 1 radical (unpaired) electrons. The largest absolute Gasteiger partial charge is 0.275 e. The Morgan fingerprint density at radius 2 is 1.67 bits per heavy atom. The average Bonchev–Trinajstić information content (AvgIpc) is 2.82. The van der Waals surface area contributed by atoms with Crippen LogP contribution in [0.2, 0.25) is 0 Å². The van der Waals surface area contributed by atoms with Crippen molar-refractivity contribution >= 4 is 27.8 Å². The highest BCUT2D eigenvalue weighted by molar-refractivity contribution is 5.84. The van der Waals surface area contributed by atoms with Crippen LogP contribution in [0.1, 0.15) is 23.7 Å². The standard InChI is InChI=1S/C25H18N5/c1-2-7-19-16(5-1)9-12-22(28-19)24-18(15-23-21(29-24)8-4-13-26-23)20-11-10-17-6-3-14-27-25(17)30-20/h1-8,10-11,13-15,22H,9,12H2. The number of fused-ring (bicyclic) bond motifs is 3. The topological polar surface area (TPSA) is 65.7 Å². The molecule has 30 heavy (non-hydrogen) atoms. The zero-order chi connectivity index (χ0) is 19.9. The number of aryl methyl sites for hydroxylation is 1. The van der Waals surface area contributed by atoms with Gasteiger partial charge >= 0.3 is 0 Å². The highest BCUT2D eigenvalue weighted by atomic mass is 15.0. The third kappa shape index (κ3) is 2.87. The number of hydrogen-bond donors (Lipinski definition) is 0. The van der Waals surface area contributed by atoms with Gasteiger partial charge in [-0.05, 0) is 66.9 Å². The molecule has 143 valence electrons. The summed E-state index contributed by atoms with van der Waals surface area (Å²) in [6, 6.07) is 22.4. The highest BCUT2D eigenvalue weighted by Gasteiger charge is 2.26. The van der Waals surface area contributed by atoms with Crippen LogP contribution in [-0.4, -0.2) is 19.9 Å². The zero-order valence-electron chi connectivity index (χ0n) is 16.2. The van der Waals surface area contributed by atoms with Gasteiger partial charge in [0.15, 0.2) is 5.65 Å². The van der Waals surface area contributed by atoms with E-state index in [1.54, 1.807) is 12.4 Å². The second-order valence-corrected chi connectivity index (χ2v) is 7.52. The third-order valence-corrected chi connectivity index (χ3v) is 5.64. The lowest BCUT2D eigenvalue weighted by molar-refractivity contribution is 0.529. The summed E-state index contributed by atoms with van der Waals surface area (Å²) in [6.07, 6.45) is 5.48. The van der Waals surface area contributed by atoms with E-state index >= 15 is 0 Å². The van der Waals surface area contributed by atoms with Gasteiger partial charge in [-0.2, -0.15) is 0 Å². The van der Waals surface area contributed by atoms with Crippen molar-refractivity contribution < 1.29 is 0 Å². The fourth-order valence-corrected chi connectivity index (χ4v) is 4.15. The van der Waals surface area contributed by atoms with Crippen LogP contribution in [0.25, 0.3) is 33.3 Å². The van der Waals surface area contributed by atoms with E-state index in [2.05, 4.69) is 40.3 Å². The summed E-state index contributed by atoms with van der Waals surface area (Å²) in [6.45, 7) is 0. The van der Waals surface area contributed by atoms with Crippen molar-refractivity contribution in [3.63, 3.8) is 0 Å². The van der Waals surface area contributed by atoms with Crippen LogP contribution in [0.3, 0.4) is 0 Å². The van der Waals surface area contributed by atoms with Gasteiger partial charge in [-0.1, -0.05) is 18.2 Å². The van der Waals surface area contributed by atoms with Gasteiger partial charge in [0, 0.05) is 23.3 Å². The lowest BCUT2D eigenvalue weighted by Crippen LogP contribution is -2.19. The predicted molar refractivity (Wildman–Crippen MR) is 117 cm³/mol. The number of hydrogen-bond acceptors (Lipinski definition) is 4. The first-order valence-corrected chi connectivity index (χ1v) is 10.1. The molecule has 0 saturated carbocycles. The number of benzene rings is 1. The summed E-state index contributed by atoms with van der Waals surface area (Å²) in [5.41, 5.74) is 7.60. The van der Waals surface area contributed by atoms with E-state index in [9.17, 15) is 0 Å². The van der Waals surface area contributed by atoms with Crippen LogP contribution in [0.15, 0.2) is 79.1 Å². The molecular formula is C25H18N5. The van der Waals surface area contributed by atoms with Crippen LogP contribution < -0.4 is 5.32 Å². The van der Waals surface area contributed by atoms with E-state index in [0.29, 0.717) is 0 Å². The van der Waals surface area contributed by atoms with E-state index in [-0.39, 0.29) is 6.04 Å². The van der Waals surface area contributed by atoms with Crippen LogP contribution in [0, 0.1) is 0 Å². The summed E-state index contributed by atoms with van der Waals surface area (Å²) in [5, 5.41) is 6.06. The molecule has 1 atom stereocenters. The Bertz CT molecular complexity index is 1400. The van der Waals surface area contributed by atoms with E-state index < -0.39 is 0 Å². The van der Waals surface area contributed by atoms with Gasteiger partial charge in [0.25, 0.3) is 0 Å².